The summed E-state index contributed by atoms with van der Waals surface area (Å²) >= 11 is 0. The smallest absolute Gasteiger partial charge is 0.255 e. The molecular weight excluding hydrogens is 402 g/mol. The zero-order chi connectivity index (χ0) is 21.9. The van der Waals surface area contributed by atoms with Crippen molar-refractivity contribution in [1.29, 1.82) is 0 Å². The SMILES string of the molecule is Cn1c(N2CCCC(c3ccc(N4CCNCC4)cc3)C2)nc(-c2ccncn2)cc1=O. The van der Waals surface area contributed by atoms with E-state index in [0.29, 0.717) is 23.3 Å². The van der Waals surface area contributed by atoms with Gasteiger partial charge in [-0.15, -0.1) is 0 Å². The van der Waals surface area contributed by atoms with Gasteiger partial charge in [-0.2, -0.15) is 0 Å². The molecule has 8 heteroatoms. The van der Waals surface area contributed by atoms with Gasteiger partial charge in [0.25, 0.3) is 5.56 Å². The Morgan fingerprint density at radius 3 is 2.56 bits per heavy atom. The van der Waals surface area contributed by atoms with Crippen molar-refractivity contribution >= 4 is 11.6 Å². The fourth-order valence-electron chi connectivity index (χ4n) is 4.69. The van der Waals surface area contributed by atoms with E-state index in [1.807, 2.05) is 0 Å². The average molecular weight is 432 g/mol. The molecule has 0 aliphatic carbocycles. The molecule has 0 amide bonds. The van der Waals surface area contributed by atoms with E-state index < -0.39 is 0 Å². The van der Waals surface area contributed by atoms with Crippen LogP contribution in [0.2, 0.25) is 0 Å². The highest BCUT2D eigenvalue weighted by Gasteiger charge is 2.25. The van der Waals surface area contributed by atoms with Gasteiger partial charge in [0.2, 0.25) is 5.95 Å². The molecule has 1 atom stereocenters. The van der Waals surface area contributed by atoms with Crippen LogP contribution in [-0.4, -0.2) is 58.8 Å². The molecule has 0 radical (unpaired) electrons. The summed E-state index contributed by atoms with van der Waals surface area (Å²) in [5.41, 5.74) is 3.82. The van der Waals surface area contributed by atoms with Gasteiger partial charge in [-0.1, -0.05) is 12.1 Å². The topological polar surface area (TPSA) is 79.2 Å². The summed E-state index contributed by atoms with van der Waals surface area (Å²) in [7, 11) is 1.79. The first-order chi connectivity index (χ1) is 15.7. The number of piperidine rings is 1. The van der Waals surface area contributed by atoms with Crippen molar-refractivity contribution < 1.29 is 0 Å². The molecule has 8 nitrogen and oxygen atoms in total. The van der Waals surface area contributed by atoms with Crippen molar-refractivity contribution in [1.82, 2.24) is 24.8 Å². The molecule has 3 aromatic rings. The Bertz CT molecular complexity index is 1110. The third kappa shape index (κ3) is 4.23. The van der Waals surface area contributed by atoms with E-state index in [-0.39, 0.29) is 5.56 Å². The molecule has 166 valence electrons. The predicted molar refractivity (Wildman–Crippen MR) is 126 cm³/mol. The molecule has 32 heavy (non-hydrogen) atoms. The van der Waals surface area contributed by atoms with Crippen molar-refractivity contribution in [2.45, 2.75) is 18.8 Å². The first-order valence-electron chi connectivity index (χ1n) is 11.3. The molecule has 0 saturated carbocycles. The van der Waals surface area contributed by atoms with Crippen molar-refractivity contribution in [3.63, 3.8) is 0 Å². The molecule has 0 spiro atoms. The molecule has 1 N–H and O–H groups in total. The van der Waals surface area contributed by atoms with E-state index in [9.17, 15) is 4.79 Å². The fourth-order valence-corrected chi connectivity index (χ4v) is 4.69. The first-order valence-corrected chi connectivity index (χ1v) is 11.3. The van der Waals surface area contributed by atoms with Crippen molar-refractivity contribution in [2.75, 3.05) is 49.1 Å². The largest absolute Gasteiger partial charge is 0.369 e. The Morgan fingerprint density at radius 2 is 1.81 bits per heavy atom. The lowest BCUT2D eigenvalue weighted by Gasteiger charge is -2.35. The van der Waals surface area contributed by atoms with Crippen LogP contribution < -0.4 is 20.7 Å². The van der Waals surface area contributed by atoms with Gasteiger partial charge in [0, 0.05) is 70.2 Å². The number of hydrogen-bond acceptors (Lipinski definition) is 7. The molecular formula is C24H29N7O. The summed E-state index contributed by atoms with van der Waals surface area (Å²) in [5, 5.41) is 3.41. The number of nitrogens with one attached hydrogen (secondary N) is 1. The van der Waals surface area contributed by atoms with Gasteiger partial charge in [-0.3, -0.25) is 9.36 Å². The summed E-state index contributed by atoms with van der Waals surface area (Å²) in [6.07, 6.45) is 5.36. The lowest BCUT2D eigenvalue weighted by atomic mass is 9.90. The number of anilines is 2. The van der Waals surface area contributed by atoms with Crippen LogP contribution in [0, 0.1) is 0 Å². The summed E-state index contributed by atoms with van der Waals surface area (Å²) in [6, 6.07) is 12.4. The van der Waals surface area contributed by atoms with E-state index in [1.54, 1.807) is 29.9 Å². The first kappa shape index (κ1) is 20.6. The molecule has 1 unspecified atom stereocenters. The van der Waals surface area contributed by atoms with Crippen LogP contribution in [0.5, 0.6) is 0 Å². The Balaban J connectivity index is 1.37. The molecule has 2 aliphatic heterocycles. The van der Waals surface area contributed by atoms with Crippen LogP contribution >= 0.6 is 0 Å². The van der Waals surface area contributed by atoms with E-state index >= 15 is 0 Å². The van der Waals surface area contributed by atoms with Crippen LogP contribution in [0.4, 0.5) is 11.6 Å². The van der Waals surface area contributed by atoms with E-state index in [2.05, 4.69) is 49.4 Å². The average Bonchev–Trinajstić information content (AvgIpc) is 2.87. The molecule has 4 heterocycles. The van der Waals surface area contributed by atoms with Gasteiger partial charge in [0.05, 0.1) is 11.4 Å². The Labute approximate surface area is 188 Å². The molecule has 2 aliphatic rings. The van der Waals surface area contributed by atoms with Gasteiger partial charge >= 0.3 is 0 Å². The highest BCUT2D eigenvalue weighted by molar-refractivity contribution is 5.55. The van der Waals surface area contributed by atoms with Crippen molar-refractivity contribution in [3.05, 3.63) is 64.8 Å². The number of benzene rings is 1. The second kappa shape index (κ2) is 9.08. The standard InChI is InChI=1S/C24H29N7O/c1-29-23(32)15-22(21-8-9-26-17-27-21)28-24(29)31-12-2-3-19(16-31)18-4-6-20(7-5-18)30-13-10-25-11-14-30/h4-9,15,17,19,25H,2-3,10-14,16H2,1H3. The van der Waals surface area contributed by atoms with Gasteiger partial charge < -0.3 is 15.1 Å². The summed E-state index contributed by atoms with van der Waals surface area (Å²) in [4.78, 5) is 30.4. The molecule has 0 bridgehead atoms. The van der Waals surface area contributed by atoms with Crippen LogP contribution in [0.3, 0.4) is 0 Å². The van der Waals surface area contributed by atoms with E-state index in [1.165, 1.54) is 17.6 Å². The maximum Gasteiger partial charge on any atom is 0.255 e. The maximum absolute atomic E-state index is 12.7. The lowest BCUT2D eigenvalue weighted by Crippen LogP contribution is -2.43. The summed E-state index contributed by atoms with van der Waals surface area (Å²) < 4.78 is 1.64. The second-order valence-electron chi connectivity index (χ2n) is 8.55. The van der Waals surface area contributed by atoms with Gasteiger partial charge in [-0.25, -0.2) is 15.0 Å². The number of nitrogens with zero attached hydrogens (tertiary/aromatic N) is 6. The minimum absolute atomic E-state index is 0.0777. The third-order valence-electron chi connectivity index (χ3n) is 6.51. The zero-order valence-electron chi connectivity index (χ0n) is 18.4. The second-order valence-corrected chi connectivity index (χ2v) is 8.55. The number of piperazine rings is 1. The molecule has 2 aromatic heterocycles. The fraction of sp³-hybridized carbons (Fsp3) is 0.417. The van der Waals surface area contributed by atoms with Crippen molar-refractivity contribution in [3.8, 4) is 11.4 Å². The third-order valence-corrected chi connectivity index (χ3v) is 6.51. The Kier molecular flexibility index (Phi) is 5.85. The minimum atomic E-state index is -0.0777. The Hall–Kier alpha value is -3.26. The zero-order valence-corrected chi connectivity index (χ0v) is 18.4. The van der Waals surface area contributed by atoms with Crippen LogP contribution in [0.1, 0.15) is 24.3 Å². The quantitative estimate of drug-likeness (QED) is 0.677. The maximum atomic E-state index is 12.7. The van der Waals surface area contributed by atoms with E-state index in [0.717, 1.165) is 52.1 Å². The minimum Gasteiger partial charge on any atom is -0.369 e. The van der Waals surface area contributed by atoms with Crippen LogP contribution in [0.15, 0.2) is 53.7 Å². The highest BCUT2D eigenvalue weighted by atomic mass is 16.1. The van der Waals surface area contributed by atoms with Crippen LogP contribution in [0.25, 0.3) is 11.4 Å². The molecule has 1 aromatic carbocycles. The molecule has 2 saturated heterocycles. The number of rotatable bonds is 4. The summed E-state index contributed by atoms with van der Waals surface area (Å²) in [5.74, 6) is 1.12. The predicted octanol–water partition coefficient (Wildman–Crippen LogP) is 2.03. The monoisotopic (exact) mass is 431 g/mol. The van der Waals surface area contributed by atoms with Gasteiger partial charge in [0.1, 0.15) is 6.33 Å². The summed E-state index contributed by atoms with van der Waals surface area (Å²) in [6.45, 7) is 5.93. The highest BCUT2D eigenvalue weighted by Crippen LogP contribution is 2.30. The van der Waals surface area contributed by atoms with E-state index in [4.69, 9.17) is 4.98 Å². The van der Waals surface area contributed by atoms with Crippen LogP contribution in [-0.2, 0) is 7.05 Å². The van der Waals surface area contributed by atoms with Gasteiger partial charge in [0.15, 0.2) is 0 Å². The normalized spacial score (nSPS) is 19.2. The number of hydrogen-bond donors (Lipinski definition) is 1. The number of aromatic nitrogens is 4. The van der Waals surface area contributed by atoms with Crippen molar-refractivity contribution in [2.24, 2.45) is 7.05 Å². The van der Waals surface area contributed by atoms with Gasteiger partial charge in [-0.05, 0) is 36.6 Å². The molecule has 5 rings (SSSR count). The molecule has 2 fully saturated rings. The Morgan fingerprint density at radius 1 is 1.00 bits per heavy atom. The lowest BCUT2D eigenvalue weighted by molar-refractivity contribution is 0.497.